The van der Waals surface area contributed by atoms with Crippen LogP contribution in [0.3, 0.4) is 0 Å². The number of benzene rings is 1. The zero-order valence-electron chi connectivity index (χ0n) is 19.1. The lowest BCUT2D eigenvalue weighted by Gasteiger charge is -2.24. The van der Waals surface area contributed by atoms with Crippen LogP contribution in [0.25, 0.3) is 0 Å². The Kier molecular flexibility index (Phi) is 8.23. The number of rotatable bonds is 9. The van der Waals surface area contributed by atoms with E-state index in [0.29, 0.717) is 6.04 Å². The van der Waals surface area contributed by atoms with Gasteiger partial charge in [-0.05, 0) is 64.8 Å². The van der Waals surface area contributed by atoms with E-state index in [-0.39, 0.29) is 23.3 Å². The van der Waals surface area contributed by atoms with Crippen LogP contribution in [-0.4, -0.2) is 39.1 Å². The predicted molar refractivity (Wildman–Crippen MR) is 123 cm³/mol. The summed E-state index contributed by atoms with van der Waals surface area (Å²) >= 11 is 1.45. The maximum atomic E-state index is 12.7. The first-order chi connectivity index (χ1) is 14.9. The highest BCUT2D eigenvalue weighted by Crippen LogP contribution is 2.30. The summed E-state index contributed by atoms with van der Waals surface area (Å²) in [5, 5.41) is 12.5. The minimum Gasteiger partial charge on any atom is -0.497 e. The van der Waals surface area contributed by atoms with Gasteiger partial charge < -0.3 is 19.4 Å². The summed E-state index contributed by atoms with van der Waals surface area (Å²) in [6.45, 7) is 8.06. The number of nitrogens with one attached hydrogen (secondary N) is 1. The molecule has 1 aromatic carbocycles. The van der Waals surface area contributed by atoms with Crippen LogP contribution in [0.4, 0.5) is 0 Å². The third-order valence-corrected chi connectivity index (χ3v) is 6.60. The van der Waals surface area contributed by atoms with Crippen LogP contribution < -0.4 is 14.8 Å². The van der Waals surface area contributed by atoms with Crippen LogP contribution >= 0.6 is 11.8 Å². The quantitative estimate of drug-likeness (QED) is 0.550. The normalized spacial score (nSPS) is 16.7. The van der Waals surface area contributed by atoms with Crippen molar-refractivity contribution >= 4 is 17.7 Å². The monoisotopic (exact) mass is 446 g/mol. The molecule has 2 atom stereocenters. The van der Waals surface area contributed by atoms with Crippen LogP contribution in [0, 0.1) is 0 Å². The second kappa shape index (κ2) is 10.9. The molecule has 3 rings (SSSR count). The van der Waals surface area contributed by atoms with Crippen molar-refractivity contribution < 1.29 is 14.3 Å². The van der Waals surface area contributed by atoms with E-state index in [0.717, 1.165) is 35.3 Å². The Hall–Kier alpha value is -2.22. The molecule has 8 heteroatoms. The van der Waals surface area contributed by atoms with Crippen molar-refractivity contribution in [2.75, 3.05) is 7.11 Å². The number of thioether (sulfide) groups is 1. The zero-order valence-corrected chi connectivity index (χ0v) is 19.9. The molecule has 1 saturated carbocycles. The van der Waals surface area contributed by atoms with E-state index in [4.69, 9.17) is 9.47 Å². The minimum absolute atomic E-state index is 0.0688. The topological polar surface area (TPSA) is 78.3 Å². The molecule has 0 bridgehead atoms. The molecular weight excluding hydrogens is 412 g/mol. The van der Waals surface area contributed by atoms with Crippen LogP contribution in [0.15, 0.2) is 29.4 Å². The molecule has 7 nitrogen and oxygen atoms in total. The van der Waals surface area contributed by atoms with Gasteiger partial charge in [-0.25, -0.2) is 0 Å². The number of aromatic nitrogens is 3. The van der Waals surface area contributed by atoms with Gasteiger partial charge in [-0.1, -0.05) is 31.0 Å². The van der Waals surface area contributed by atoms with Crippen LogP contribution in [-0.2, 0) is 4.79 Å². The third-order valence-electron chi connectivity index (χ3n) is 5.55. The number of hydrogen-bond donors (Lipinski definition) is 1. The van der Waals surface area contributed by atoms with Gasteiger partial charge in [0.25, 0.3) is 0 Å². The van der Waals surface area contributed by atoms with E-state index in [1.165, 1.54) is 31.0 Å². The first kappa shape index (κ1) is 23.4. The number of methoxy groups -OCH3 is 1. The summed E-state index contributed by atoms with van der Waals surface area (Å²) in [4.78, 5) is 12.7. The van der Waals surface area contributed by atoms with E-state index >= 15 is 0 Å². The molecule has 0 spiro atoms. The second-order valence-corrected chi connectivity index (χ2v) is 9.65. The van der Waals surface area contributed by atoms with Crippen LogP contribution in [0.5, 0.6) is 11.5 Å². The van der Waals surface area contributed by atoms with Gasteiger partial charge >= 0.3 is 0 Å². The highest BCUT2D eigenvalue weighted by Gasteiger charge is 2.26. The van der Waals surface area contributed by atoms with Gasteiger partial charge in [0, 0.05) is 12.1 Å². The summed E-state index contributed by atoms with van der Waals surface area (Å²) in [6.07, 6.45) is 5.54. The van der Waals surface area contributed by atoms with Crippen molar-refractivity contribution in [2.45, 2.75) is 88.4 Å². The molecule has 0 radical (unpaired) electrons. The predicted octanol–water partition coefficient (Wildman–Crippen LogP) is 4.94. The van der Waals surface area contributed by atoms with Gasteiger partial charge in [0.15, 0.2) is 17.1 Å². The number of carbonyl (C=O) groups is 1. The molecule has 1 aliphatic rings. The molecule has 1 amide bonds. The fraction of sp³-hybridized carbons (Fsp3) is 0.609. The van der Waals surface area contributed by atoms with Crippen molar-refractivity contribution in [3.8, 4) is 11.5 Å². The lowest BCUT2D eigenvalue weighted by Crippen LogP contribution is -2.40. The lowest BCUT2D eigenvalue weighted by molar-refractivity contribution is -0.121. The van der Waals surface area contributed by atoms with Gasteiger partial charge in [-0.2, -0.15) is 0 Å². The SMILES string of the molecule is COc1ccc(OC(C)c2nnc(SC(C)C(=O)NC3CCCCC3)n2C(C)C)cc1. The fourth-order valence-corrected chi connectivity index (χ4v) is 4.82. The number of ether oxygens (including phenoxy) is 2. The summed E-state index contributed by atoms with van der Waals surface area (Å²) < 4.78 is 13.3. The Morgan fingerprint density at radius 3 is 2.32 bits per heavy atom. The molecule has 1 N–H and O–H groups in total. The van der Waals surface area contributed by atoms with Crippen molar-refractivity contribution in [3.05, 3.63) is 30.1 Å². The number of carbonyl (C=O) groups excluding carboxylic acids is 1. The molecule has 1 aromatic heterocycles. The average molecular weight is 447 g/mol. The third kappa shape index (κ3) is 6.15. The van der Waals surface area contributed by atoms with Gasteiger partial charge in [0.2, 0.25) is 5.91 Å². The molecule has 2 unspecified atom stereocenters. The van der Waals surface area contributed by atoms with Crippen molar-refractivity contribution in [2.24, 2.45) is 0 Å². The van der Waals surface area contributed by atoms with E-state index in [9.17, 15) is 4.79 Å². The highest BCUT2D eigenvalue weighted by atomic mass is 32.2. The summed E-state index contributed by atoms with van der Waals surface area (Å²) in [7, 11) is 1.64. The Balaban J connectivity index is 1.67. The Morgan fingerprint density at radius 2 is 1.71 bits per heavy atom. The van der Waals surface area contributed by atoms with Gasteiger partial charge in [0.05, 0.1) is 12.4 Å². The molecule has 0 saturated heterocycles. The number of nitrogens with zero attached hydrogens (tertiary/aromatic N) is 3. The zero-order chi connectivity index (χ0) is 22.4. The summed E-state index contributed by atoms with van der Waals surface area (Å²) in [6, 6.07) is 7.92. The molecule has 170 valence electrons. The number of amides is 1. The van der Waals surface area contributed by atoms with Crippen LogP contribution in [0.2, 0.25) is 0 Å². The number of hydrogen-bond acceptors (Lipinski definition) is 6. The maximum Gasteiger partial charge on any atom is 0.233 e. The van der Waals surface area contributed by atoms with Gasteiger partial charge in [0.1, 0.15) is 11.5 Å². The maximum absolute atomic E-state index is 12.7. The highest BCUT2D eigenvalue weighted by molar-refractivity contribution is 8.00. The largest absolute Gasteiger partial charge is 0.497 e. The molecular formula is C23H34N4O3S. The Labute approximate surface area is 189 Å². The molecule has 31 heavy (non-hydrogen) atoms. The Bertz CT molecular complexity index is 847. The van der Waals surface area contributed by atoms with E-state index in [1.54, 1.807) is 7.11 Å². The molecule has 1 aliphatic carbocycles. The minimum atomic E-state index is -0.288. The molecule has 2 aromatic rings. The fourth-order valence-electron chi connectivity index (χ4n) is 3.82. The van der Waals surface area contributed by atoms with Crippen molar-refractivity contribution in [1.29, 1.82) is 0 Å². The Morgan fingerprint density at radius 1 is 1.06 bits per heavy atom. The van der Waals surface area contributed by atoms with Gasteiger partial charge in [-0.3, -0.25) is 4.79 Å². The first-order valence-corrected chi connectivity index (χ1v) is 12.0. The average Bonchev–Trinajstić information content (AvgIpc) is 3.19. The van der Waals surface area contributed by atoms with E-state index in [1.807, 2.05) is 38.1 Å². The second-order valence-electron chi connectivity index (χ2n) is 8.34. The summed E-state index contributed by atoms with van der Waals surface area (Å²) in [5.74, 6) is 2.33. The smallest absolute Gasteiger partial charge is 0.233 e. The summed E-state index contributed by atoms with van der Waals surface area (Å²) in [5.41, 5.74) is 0. The molecule has 1 heterocycles. The van der Waals surface area contributed by atoms with Crippen molar-refractivity contribution in [3.63, 3.8) is 0 Å². The van der Waals surface area contributed by atoms with E-state index in [2.05, 4.69) is 33.9 Å². The van der Waals surface area contributed by atoms with Crippen molar-refractivity contribution in [1.82, 2.24) is 20.1 Å². The van der Waals surface area contributed by atoms with Crippen LogP contribution in [0.1, 0.15) is 77.8 Å². The first-order valence-electron chi connectivity index (χ1n) is 11.1. The molecule has 1 fully saturated rings. The lowest BCUT2D eigenvalue weighted by atomic mass is 9.95. The van der Waals surface area contributed by atoms with Gasteiger partial charge in [-0.15, -0.1) is 10.2 Å². The standard InChI is InChI=1S/C23H34N4O3S/c1-15(2)27-21(16(3)30-20-13-11-19(29-5)12-14-20)25-26-23(27)31-17(4)22(28)24-18-9-7-6-8-10-18/h11-18H,6-10H2,1-5H3,(H,24,28). The molecule has 0 aliphatic heterocycles. The van der Waals surface area contributed by atoms with E-state index < -0.39 is 0 Å².